The number of esters is 1. The molecule has 1 heterocycles. The molecule has 1 atom stereocenters. The number of nitrogens with zero attached hydrogens (tertiary/aromatic N) is 1. The van der Waals surface area contributed by atoms with Gasteiger partial charge in [0.25, 0.3) is 5.91 Å². The Hall–Kier alpha value is -2.86. The van der Waals surface area contributed by atoms with Crippen molar-refractivity contribution >= 4 is 35.1 Å². The number of likely N-dealkylation sites (tertiary alicyclic amines) is 1. The standard InChI is InChI=1S/C29H30Cl2N2O3/c1-36-29(35)26(32-28(34)27-24(30)8-5-9-25(27)31)18-20-10-12-22(13-11-20)23-14-16-33(17-15-23)19-21-6-3-2-4-7-21/h2-13,23,26H,14-19H2,1H3,(H,32,34)/t26-/m0/s1. The van der Waals surface area contributed by atoms with Crippen LogP contribution in [0.5, 0.6) is 0 Å². The molecule has 188 valence electrons. The number of carbonyl (C=O) groups excluding carboxylic acids is 2. The average Bonchev–Trinajstić information content (AvgIpc) is 2.89. The molecule has 0 bridgehead atoms. The van der Waals surface area contributed by atoms with Gasteiger partial charge in [-0.1, -0.05) is 83.9 Å². The van der Waals surface area contributed by atoms with Crippen LogP contribution < -0.4 is 5.32 Å². The van der Waals surface area contributed by atoms with Crippen LogP contribution in [0.4, 0.5) is 0 Å². The van der Waals surface area contributed by atoms with Crippen molar-refractivity contribution < 1.29 is 14.3 Å². The fourth-order valence-electron chi connectivity index (χ4n) is 4.71. The summed E-state index contributed by atoms with van der Waals surface area (Å²) in [6, 6.07) is 22.9. The molecule has 0 unspecified atom stereocenters. The van der Waals surface area contributed by atoms with Crippen molar-refractivity contribution in [3.05, 3.63) is 105 Å². The van der Waals surface area contributed by atoms with E-state index in [0.29, 0.717) is 12.3 Å². The number of benzene rings is 3. The fraction of sp³-hybridized carbons (Fsp3) is 0.310. The topological polar surface area (TPSA) is 58.6 Å². The van der Waals surface area contributed by atoms with Gasteiger partial charge in [-0.15, -0.1) is 0 Å². The summed E-state index contributed by atoms with van der Waals surface area (Å²) in [6.07, 6.45) is 2.54. The molecule has 7 heteroatoms. The maximum atomic E-state index is 12.8. The minimum absolute atomic E-state index is 0.142. The third-order valence-corrected chi connectivity index (χ3v) is 7.34. The second kappa shape index (κ2) is 12.4. The number of nitrogens with one attached hydrogen (secondary N) is 1. The number of hydrogen-bond donors (Lipinski definition) is 1. The highest BCUT2D eigenvalue weighted by Crippen LogP contribution is 2.29. The van der Waals surface area contributed by atoms with Crippen LogP contribution in [0, 0.1) is 0 Å². The van der Waals surface area contributed by atoms with Gasteiger partial charge >= 0.3 is 5.97 Å². The summed E-state index contributed by atoms with van der Waals surface area (Å²) in [5, 5.41) is 3.18. The lowest BCUT2D eigenvalue weighted by atomic mass is 9.88. The van der Waals surface area contributed by atoms with Crippen molar-refractivity contribution in [3.8, 4) is 0 Å². The maximum absolute atomic E-state index is 12.8. The van der Waals surface area contributed by atoms with Crippen LogP contribution in [0.2, 0.25) is 10.0 Å². The molecular weight excluding hydrogens is 495 g/mol. The minimum Gasteiger partial charge on any atom is -0.467 e. The van der Waals surface area contributed by atoms with Gasteiger partial charge in [-0.05, 0) is 60.7 Å². The first-order chi connectivity index (χ1) is 17.4. The zero-order valence-corrected chi connectivity index (χ0v) is 21.8. The van der Waals surface area contributed by atoms with Gasteiger partial charge in [0.2, 0.25) is 0 Å². The molecule has 1 N–H and O–H groups in total. The molecule has 1 saturated heterocycles. The number of hydrogen-bond acceptors (Lipinski definition) is 4. The van der Waals surface area contributed by atoms with Crippen LogP contribution in [0.15, 0.2) is 72.8 Å². The normalized spacial score (nSPS) is 15.3. The van der Waals surface area contributed by atoms with E-state index in [1.165, 1.54) is 18.2 Å². The SMILES string of the molecule is COC(=O)[C@H](Cc1ccc(C2CCN(Cc3ccccc3)CC2)cc1)NC(=O)c1c(Cl)cccc1Cl. The Bertz CT molecular complexity index is 1160. The Morgan fingerprint density at radius 3 is 2.17 bits per heavy atom. The summed E-state index contributed by atoms with van der Waals surface area (Å²) in [6.45, 7) is 3.14. The molecule has 0 aromatic heterocycles. The number of ether oxygens (including phenoxy) is 1. The summed E-state index contributed by atoms with van der Waals surface area (Å²) < 4.78 is 4.93. The molecule has 3 aromatic rings. The first-order valence-corrected chi connectivity index (χ1v) is 12.9. The Kier molecular flexibility index (Phi) is 9.03. The third-order valence-electron chi connectivity index (χ3n) is 6.71. The van der Waals surface area contributed by atoms with Gasteiger partial charge in [-0.3, -0.25) is 9.69 Å². The second-order valence-corrected chi connectivity index (χ2v) is 9.94. The van der Waals surface area contributed by atoms with Gasteiger partial charge in [0, 0.05) is 13.0 Å². The molecule has 1 aliphatic rings. The van der Waals surface area contributed by atoms with E-state index >= 15 is 0 Å². The largest absolute Gasteiger partial charge is 0.467 e. The molecule has 0 radical (unpaired) electrons. The van der Waals surface area contributed by atoms with Crippen LogP contribution in [0.25, 0.3) is 0 Å². The van der Waals surface area contributed by atoms with Gasteiger partial charge in [-0.2, -0.15) is 0 Å². The second-order valence-electron chi connectivity index (χ2n) is 9.13. The Morgan fingerprint density at radius 1 is 0.917 bits per heavy atom. The monoisotopic (exact) mass is 524 g/mol. The molecule has 4 rings (SSSR count). The fourth-order valence-corrected chi connectivity index (χ4v) is 5.28. The number of piperidine rings is 1. The molecule has 1 fully saturated rings. The number of amides is 1. The van der Waals surface area contributed by atoms with E-state index in [-0.39, 0.29) is 15.6 Å². The maximum Gasteiger partial charge on any atom is 0.328 e. The summed E-state index contributed by atoms with van der Waals surface area (Å²) >= 11 is 12.3. The predicted molar refractivity (Wildman–Crippen MR) is 144 cm³/mol. The van der Waals surface area contributed by atoms with Crippen LogP contribution in [0.3, 0.4) is 0 Å². The highest BCUT2D eigenvalue weighted by molar-refractivity contribution is 6.39. The van der Waals surface area contributed by atoms with E-state index in [1.807, 2.05) is 12.1 Å². The van der Waals surface area contributed by atoms with Gasteiger partial charge in [0.15, 0.2) is 0 Å². The lowest BCUT2D eigenvalue weighted by Crippen LogP contribution is -2.43. The average molecular weight is 525 g/mol. The van der Waals surface area contributed by atoms with E-state index in [4.69, 9.17) is 27.9 Å². The van der Waals surface area contributed by atoms with Crippen molar-refractivity contribution in [3.63, 3.8) is 0 Å². The van der Waals surface area contributed by atoms with Crippen molar-refractivity contribution in [2.75, 3.05) is 20.2 Å². The molecule has 0 saturated carbocycles. The molecule has 5 nitrogen and oxygen atoms in total. The van der Waals surface area contributed by atoms with Crippen LogP contribution in [-0.4, -0.2) is 43.0 Å². The summed E-state index contributed by atoms with van der Waals surface area (Å²) in [5.74, 6) is -0.522. The first-order valence-electron chi connectivity index (χ1n) is 12.1. The van der Waals surface area contributed by atoms with Gasteiger partial charge < -0.3 is 10.1 Å². The van der Waals surface area contributed by atoms with Crippen LogP contribution in [0.1, 0.15) is 45.8 Å². The summed E-state index contributed by atoms with van der Waals surface area (Å²) in [7, 11) is 1.30. The van der Waals surface area contributed by atoms with Gasteiger partial charge in [0.1, 0.15) is 6.04 Å². The number of rotatable bonds is 8. The first kappa shape index (κ1) is 26.2. The van der Waals surface area contributed by atoms with Crippen molar-refractivity contribution in [1.29, 1.82) is 0 Å². The van der Waals surface area contributed by atoms with Crippen molar-refractivity contribution in [2.24, 2.45) is 0 Å². The third kappa shape index (κ3) is 6.67. The van der Waals surface area contributed by atoms with E-state index in [2.05, 4.69) is 52.7 Å². The quantitative estimate of drug-likeness (QED) is 0.373. The molecule has 0 spiro atoms. The van der Waals surface area contributed by atoms with Gasteiger partial charge in [0.05, 0.1) is 22.7 Å². The van der Waals surface area contributed by atoms with Crippen molar-refractivity contribution in [2.45, 2.75) is 37.8 Å². The Labute approximate surface area is 222 Å². The number of halogens is 2. The molecule has 3 aromatic carbocycles. The molecular formula is C29H30Cl2N2O3. The highest BCUT2D eigenvalue weighted by atomic mass is 35.5. The lowest BCUT2D eigenvalue weighted by Gasteiger charge is -2.32. The van der Waals surface area contributed by atoms with E-state index in [1.54, 1.807) is 18.2 Å². The van der Waals surface area contributed by atoms with Crippen LogP contribution >= 0.6 is 23.2 Å². The molecule has 1 amide bonds. The number of methoxy groups -OCH3 is 1. The molecule has 0 aliphatic carbocycles. The zero-order chi connectivity index (χ0) is 25.5. The van der Waals surface area contributed by atoms with Crippen LogP contribution in [-0.2, 0) is 22.5 Å². The lowest BCUT2D eigenvalue weighted by molar-refractivity contribution is -0.142. The summed E-state index contributed by atoms with van der Waals surface area (Å²) in [5.41, 5.74) is 3.73. The molecule has 36 heavy (non-hydrogen) atoms. The minimum atomic E-state index is -0.859. The van der Waals surface area contributed by atoms with Gasteiger partial charge in [-0.25, -0.2) is 4.79 Å². The van der Waals surface area contributed by atoms with E-state index in [9.17, 15) is 9.59 Å². The zero-order valence-electron chi connectivity index (χ0n) is 20.3. The highest BCUT2D eigenvalue weighted by Gasteiger charge is 2.25. The summed E-state index contributed by atoms with van der Waals surface area (Å²) in [4.78, 5) is 27.7. The number of carbonyl (C=O) groups is 2. The Morgan fingerprint density at radius 2 is 1.56 bits per heavy atom. The predicted octanol–water partition coefficient (Wildman–Crippen LogP) is 5.89. The van der Waals surface area contributed by atoms with E-state index < -0.39 is 17.9 Å². The smallest absolute Gasteiger partial charge is 0.328 e. The Balaban J connectivity index is 1.36. The van der Waals surface area contributed by atoms with E-state index in [0.717, 1.165) is 38.0 Å². The van der Waals surface area contributed by atoms with Crippen molar-refractivity contribution in [1.82, 2.24) is 10.2 Å². The molecule has 1 aliphatic heterocycles.